The minimum Gasteiger partial charge on any atom is -0.494 e. The van der Waals surface area contributed by atoms with Gasteiger partial charge in [-0.3, -0.25) is 20.2 Å². The number of nitrogens with zero attached hydrogens (tertiary/aromatic N) is 12. The summed E-state index contributed by atoms with van der Waals surface area (Å²) in [6.45, 7) is 4.29. The molecule has 0 aliphatic carbocycles. The monoisotopic (exact) mass is 1120 g/mol. The molecule has 4 aromatic heterocycles. The molecule has 0 unspecified atom stereocenters. The van der Waals surface area contributed by atoms with E-state index in [4.69, 9.17) is 19.2 Å². The number of aryl methyl sites for hydroxylation is 4. The maximum absolute atomic E-state index is 12.8. The highest BCUT2D eigenvalue weighted by Crippen LogP contribution is 2.43. The van der Waals surface area contributed by atoms with E-state index in [1.165, 1.54) is 57.0 Å². The zero-order chi connectivity index (χ0) is 57.8. The molecule has 430 valence electrons. The highest BCUT2D eigenvalue weighted by Gasteiger charge is 2.28. The first kappa shape index (κ1) is 58.7. The molecule has 0 atom stereocenters. The van der Waals surface area contributed by atoms with Crippen LogP contribution in [0.2, 0.25) is 0 Å². The topological polar surface area (TPSA) is 267 Å². The first-order valence-corrected chi connectivity index (χ1v) is 26.2. The molecule has 0 bridgehead atoms. The minimum absolute atomic E-state index is 0. The van der Waals surface area contributed by atoms with Crippen LogP contribution in [0.4, 0.5) is 46.0 Å². The Morgan fingerprint density at radius 3 is 1.46 bits per heavy atom. The van der Waals surface area contributed by atoms with Crippen molar-refractivity contribution in [2.75, 3.05) is 110 Å². The standard InChI is InChI=1S/C29H33N7O5.C28H31N7O5.CH4/c1-33(2)12-13-34(3)23-15-25(40-4)22(14-24(23)36(38)39)31-29-30-16-20(28(37)41-5)26(32-29)21-17-35-11-7-9-18-8-6-10-19(21)27(18)35;1-32(2)11-12-33(3)22-14-24(40-4)21(13-23(22)35(38)39)30-28-29-15-19(27(36)37)25(31-28)20-16-34-10-6-8-17-7-5-9-18(20)26(17)34;/h6,8,10,14-17H,7,9,11-13H2,1-5H3,(H,30,31,32);5,7,9,13-16H,6,8,10-12H2,1-4H3,(H,36,37)(H,29,30,31);1H4. The average molecular weight is 1120 g/mol. The summed E-state index contributed by atoms with van der Waals surface area (Å²) < 4.78 is 20.5. The lowest BCUT2D eigenvalue weighted by atomic mass is 10.0. The number of aromatic carboxylic acids is 1. The quantitative estimate of drug-likeness (QED) is 0.0364. The first-order chi connectivity index (χ1) is 38.9. The van der Waals surface area contributed by atoms with Gasteiger partial charge in [-0.15, -0.1) is 0 Å². The van der Waals surface area contributed by atoms with E-state index in [-0.39, 0.29) is 53.2 Å². The van der Waals surface area contributed by atoms with Gasteiger partial charge in [-0.25, -0.2) is 29.5 Å². The Hall–Kier alpha value is -9.42. The van der Waals surface area contributed by atoms with Gasteiger partial charge in [0.25, 0.3) is 11.4 Å². The summed E-state index contributed by atoms with van der Waals surface area (Å²) in [6.07, 6.45) is 10.6. The van der Waals surface area contributed by atoms with Crippen LogP contribution in [-0.4, -0.2) is 156 Å². The minimum atomic E-state index is -1.15. The largest absolute Gasteiger partial charge is 0.494 e. The van der Waals surface area contributed by atoms with Crippen LogP contribution in [0.5, 0.6) is 11.5 Å². The Morgan fingerprint density at radius 1 is 0.646 bits per heavy atom. The van der Waals surface area contributed by atoms with Gasteiger partial charge in [0, 0.05) is 124 Å². The van der Waals surface area contributed by atoms with Crippen LogP contribution in [0.25, 0.3) is 44.3 Å². The number of para-hydroxylation sites is 2. The third kappa shape index (κ3) is 12.0. The number of nitrogens with one attached hydrogen (secondary N) is 2. The maximum atomic E-state index is 12.8. The highest BCUT2D eigenvalue weighted by atomic mass is 16.6. The van der Waals surface area contributed by atoms with Gasteiger partial charge < -0.3 is 58.7 Å². The van der Waals surface area contributed by atoms with Crippen molar-refractivity contribution in [2.45, 2.75) is 46.2 Å². The molecule has 4 aromatic carbocycles. The second-order valence-electron chi connectivity index (χ2n) is 20.3. The summed E-state index contributed by atoms with van der Waals surface area (Å²) in [6, 6.07) is 18.2. The van der Waals surface area contributed by atoms with Crippen LogP contribution in [0, 0.1) is 20.2 Å². The molecule has 0 saturated carbocycles. The molecule has 6 heterocycles. The zero-order valence-corrected chi connectivity index (χ0v) is 46.6. The summed E-state index contributed by atoms with van der Waals surface area (Å²) in [5.41, 5.74) is 8.25. The fourth-order valence-corrected chi connectivity index (χ4v) is 10.3. The van der Waals surface area contributed by atoms with Gasteiger partial charge in [-0.2, -0.15) is 0 Å². The number of benzene rings is 4. The number of carboxylic acids is 1. The lowest BCUT2D eigenvalue weighted by Gasteiger charge is -2.22. The zero-order valence-electron chi connectivity index (χ0n) is 46.6. The highest BCUT2D eigenvalue weighted by molar-refractivity contribution is 6.05. The third-order valence-electron chi connectivity index (χ3n) is 14.4. The predicted molar refractivity (Wildman–Crippen MR) is 317 cm³/mol. The molecule has 0 amide bonds. The van der Waals surface area contributed by atoms with E-state index < -0.39 is 21.8 Å². The van der Waals surface area contributed by atoms with E-state index in [1.54, 1.807) is 31.1 Å². The van der Waals surface area contributed by atoms with Crippen molar-refractivity contribution in [2.24, 2.45) is 0 Å². The molecule has 2 aliphatic rings. The Bertz CT molecular complexity index is 3730. The number of rotatable bonds is 20. The van der Waals surface area contributed by atoms with Crippen molar-refractivity contribution in [3.8, 4) is 34.0 Å². The van der Waals surface area contributed by atoms with Crippen LogP contribution in [0.1, 0.15) is 52.1 Å². The maximum Gasteiger partial charge on any atom is 0.341 e. The molecule has 2 aliphatic heterocycles. The van der Waals surface area contributed by atoms with E-state index >= 15 is 0 Å². The number of carboxylic acid groups (broad SMARTS) is 1. The van der Waals surface area contributed by atoms with Crippen LogP contribution in [0.3, 0.4) is 0 Å². The van der Waals surface area contributed by atoms with Crippen molar-refractivity contribution in [1.82, 2.24) is 38.9 Å². The van der Waals surface area contributed by atoms with Crippen molar-refractivity contribution >= 4 is 79.8 Å². The summed E-state index contributed by atoms with van der Waals surface area (Å²) in [5, 5.41) is 42.0. The number of anilines is 6. The lowest BCUT2D eigenvalue weighted by molar-refractivity contribution is -0.384. The number of carbonyl (C=O) groups excluding carboxylic acids is 1. The molecule has 0 fully saturated rings. The Kier molecular flexibility index (Phi) is 17.9. The second-order valence-corrected chi connectivity index (χ2v) is 20.3. The molecule has 10 rings (SSSR count). The number of ether oxygens (including phenoxy) is 3. The number of aromatic nitrogens is 6. The van der Waals surface area contributed by atoms with Gasteiger partial charge in [-0.1, -0.05) is 43.8 Å². The second kappa shape index (κ2) is 24.9. The number of hydrogen-bond acceptors (Lipinski definition) is 19. The van der Waals surface area contributed by atoms with Crippen molar-refractivity contribution in [3.63, 3.8) is 0 Å². The van der Waals surface area contributed by atoms with Crippen molar-refractivity contribution in [3.05, 3.63) is 128 Å². The SMILES string of the molecule is C.COC(=O)c1cnc(Nc2cc([N+](=O)[O-])c(N(C)CCN(C)C)cc2OC)nc1-c1cn2c3c(cccc13)CCC2.COc1cc(N(C)CCN(C)C)c([N+](=O)[O-])cc1Nc1ncc(C(=O)O)c(-c2cn3c4c(cccc24)CCC3)n1. The van der Waals surface area contributed by atoms with E-state index in [2.05, 4.69) is 46.9 Å². The molecular weight excluding hydrogens is 1050 g/mol. The number of carbonyl (C=O) groups is 2. The van der Waals surface area contributed by atoms with Gasteiger partial charge in [0.15, 0.2) is 0 Å². The van der Waals surface area contributed by atoms with E-state index in [1.807, 2.05) is 79.5 Å². The molecule has 82 heavy (non-hydrogen) atoms. The number of esters is 1. The Morgan fingerprint density at radius 2 is 1.07 bits per heavy atom. The van der Waals surface area contributed by atoms with Gasteiger partial charge >= 0.3 is 11.9 Å². The molecule has 24 heteroatoms. The number of nitro groups is 2. The average Bonchev–Trinajstić information content (AvgIpc) is 4.10. The fraction of sp³-hybridized carbons (Fsp3) is 0.345. The van der Waals surface area contributed by atoms with Crippen LogP contribution >= 0.6 is 0 Å². The number of hydrogen-bond donors (Lipinski definition) is 3. The summed E-state index contributed by atoms with van der Waals surface area (Å²) >= 11 is 0. The van der Waals surface area contributed by atoms with Crippen molar-refractivity contribution < 1.29 is 38.8 Å². The molecule has 0 spiro atoms. The molecule has 3 N–H and O–H groups in total. The van der Waals surface area contributed by atoms with Gasteiger partial charge in [-0.05, 0) is 65.0 Å². The Balaban J connectivity index is 0.000000212. The molecule has 8 aromatic rings. The molecule has 0 radical (unpaired) electrons. The fourth-order valence-electron chi connectivity index (χ4n) is 10.3. The first-order valence-electron chi connectivity index (χ1n) is 26.2. The summed E-state index contributed by atoms with van der Waals surface area (Å²) in [7, 11) is 15.6. The summed E-state index contributed by atoms with van der Waals surface area (Å²) in [4.78, 5) is 73.7. The van der Waals surface area contributed by atoms with Crippen LogP contribution in [0.15, 0.2) is 85.5 Å². The normalized spacial score (nSPS) is 12.3. The molecular formula is C58H68N14O10. The Labute approximate surface area is 474 Å². The predicted octanol–water partition coefficient (Wildman–Crippen LogP) is 9.53. The van der Waals surface area contributed by atoms with E-state index in [9.17, 15) is 34.9 Å². The summed E-state index contributed by atoms with van der Waals surface area (Å²) in [5.74, 6) is -0.716. The third-order valence-corrected chi connectivity index (χ3v) is 14.4. The number of nitro benzene ring substituents is 2. The van der Waals surface area contributed by atoms with Crippen LogP contribution < -0.4 is 29.9 Å². The van der Waals surface area contributed by atoms with Gasteiger partial charge in [0.1, 0.15) is 34.0 Å². The molecule has 24 nitrogen and oxygen atoms in total. The lowest BCUT2D eigenvalue weighted by Crippen LogP contribution is -2.29. The van der Waals surface area contributed by atoms with E-state index in [0.29, 0.717) is 59.5 Å². The smallest absolute Gasteiger partial charge is 0.341 e. The number of likely N-dealkylation sites (N-methyl/N-ethyl adjacent to an activating group) is 4. The van der Waals surface area contributed by atoms with Gasteiger partial charge in [0.2, 0.25) is 11.9 Å². The van der Waals surface area contributed by atoms with Gasteiger partial charge in [0.05, 0.1) is 65.0 Å². The van der Waals surface area contributed by atoms with E-state index in [0.717, 1.165) is 72.7 Å². The van der Waals surface area contributed by atoms with Crippen molar-refractivity contribution in [1.29, 1.82) is 0 Å². The van der Waals surface area contributed by atoms with Crippen LogP contribution in [-0.2, 0) is 30.7 Å². The number of methoxy groups -OCH3 is 3. The molecule has 0 saturated heterocycles.